The van der Waals surface area contributed by atoms with E-state index in [0.717, 1.165) is 94.2 Å². The average molecular weight is 752 g/mol. The molecule has 0 saturated heterocycles. The third-order valence-corrected chi connectivity index (χ3v) is 10.8. The molecule has 0 unspecified atom stereocenters. The Morgan fingerprint density at radius 1 is 0.804 bits per heavy atom. The lowest BCUT2D eigenvalue weighted by Crippen LogP contribution is -2.43. The molecular weight excluding hydrogens is 699 g/mol. The molecule has 2 heterocycles. The fraction of sp³-hybridized carbons (Fsp3) is 0.370. The number of aromatic nitrogens is 4. The molecule has 1 aliphatic rings. The molecule has 7 rings (SSSR count). The maximum Gasteiger partial charge on any atom is 0.250 e. The standard InChI is InChI=1S/C46H53N7O3/c1-5-23-52(42(54)25-30(4)7-3)28-40-47-27-39(49-40)32-15-13-31(14-16-32)35-19-21-37-36(26-35)20-22-38-44(37)50-41(48-38)29-53(24-6-2)46(56)43(33-11-9-8-10-12-33)51-45(55)34-17-18-34/h8-16,19-22,26-27,30,34,43H,5-7,17-18,23-25,28-29H2,1-4H3,(H,47,49)(H,48,50)(H,51,55)/t30-,43+/m0/s1. The van der Waals surface area contributed by atoms with Crippen molar-refractivity contribution in [2.75, 3.05) is 13.1 Å². The van der Waals surface area contributed by atoms with E-state index >= 15 is 0 Å². The van der Waals surface area contributed by atoms with E-state index in [-0.39, 0.29) is 23.6 Å². The van der Waals surface area contributed by atoms with Gasteiger partial charge in [0.05, 0.1) is 36.0 Å². The third kappa shape index (κ3) is 8.85. The number of amides is 3. The van der Waals surface area contributed by atoms with Crippen LogP contribution in [0.5, 0.6) is 0 Å². The molecule has 2 aromatic heterocycles. The van der Waals surface area contributed by atoms with E-state index in [1.807, 2.05) is 54.4 Å². The van der Waals surface area contributed by atoms with Gasteiger partial charge in [0.15, 0.2) is 0 Å². The van der Waals surface area contributed by atoms with Gasteiger partial charge in [-0.15, -0.1) is 0 Å². The molecule has 3 amide bonds. The van der Waals surface area contributed by atoms with E-state index in [2.05, 4.69) is 89.6 Å². The van der Waals surface area contributed by atoms with Gasteiger partial charge >= 0.3 is 0 Å². The summed E-state index contributed by atoms with van der Waals surface area (Å²) in [6.07, 6.45) is 6.82. The van der Waals surface area contributed by atoms with Crippen LogP contribution >= 0.6 is 0 Å². The predicted molar refractivity (Wildman–Crippen MR) is 222 cm³/mol. The molecule has 0 bridgehead atoms. The van der Waals surface area contributed by atoms with E-state index in [9.17, 15) is 14.4 Å². The van der Waals surface area contributed by atoms with Crippen LogP contribution in [0.3, 0.4) is 0 Å². The van der Waals surface area contributed by atoms with Crippen molar-refractivity contribution in [3.8, 4) is 22.4 Å². The molecule has 4 aromatic carbocycles. The number of hydrogen-bond donors (Lipinski definition) is 3. The molecule has 2 atom stereocenters. The molecule has 1 saturated carbocycles. The lowest BCUT2D eigenvalue weighted by molar-refractivity contribution is -0.137. The van der Waals surface area contributed by atoms with Crippen LogP contribution in [-0.2, 0) is 27.5 Å². The van der Waals surface area contributed by atoms with Crippen LogP contribution in [0.1, 0.15) is 89.5 Å². The highest BCUT2D eigenvalue weighted by molar-refractivity contribution is 6.05. The molecule has 3 N–H and O–H groups in total. The van der Waals surface area contributed by atoms with Gasteiger partial charge in [-0.1, -0.05) is 107 Å². The Labute approximate surface area is 329 Å². The minimum atomic E-state index is -0.747. The minimum absolute atomic E-state index is 0.00120. The van der Waals surface area contributed by atoms with E-state index in [1.54, 1.807) is 4.90 Å². The summed E-state index contributed by atoms with van der Waals surface area (Å²) in [5.74, 6) is 1.85. The van der Waals surface area contributed by atoms with E-state index in [0.29, 0.717) is 37.8 Å². The lowest BCUT2D eigenvalue weighted by atomic mass is 9.99. The van der Waals surface area contributed by atoms with Crippen molar-refractivity contribution in [3.05, 3.63) is 108 Å². The minimum Gasteiger partial charge on any atom is -0.341 e. The van der Waals surface area contributed by atoms with Crippen molar-refractivity contribution < 1.29 is 14.4 Å². The number of imidazole rings is 2. The molecule has 0 spiro atoms. The van der Waals surface area contributed by atoms with E-state index < -0.39 is 6.04 Å². The Balaban J connectivity index is 1.06. The zero-order valence-electron chi connectivity index (χ0n) is 33.0. The number of aromatic amines is 2. The second-order valence-corrected chi connectivity index (χ2v) is 15.3. The number of nitrogens with one attached hydrogen (secondary N) is 3. The quantitative estimate of drug-likeness (QED) is 0.0858. The van der Waals surface area contributed by atoms with Gasteiger partial charge in [-0.05, 0) is 71.4 Å². The molecule has 290 valence electrons. The van der Waals surface area contributed by atoms with Gasteiger partial charge in [-0.3, -0.25) is 14.4 Å². The Morgan fingerprint density at radius 3 is 2.21 bits per heavy atom. The second kappa shape index (κ2) is 17.4. The second-order valence-electron chi connectivity index (χ2n) is 15.3. The van der Waals surface area contributed by atoms with Crippen LogP contribution in [0.25, 0.3) is 44.2 Å². The smallest absolute Gasteiger partial charge is 0.250 e. The Bertz CT molecular complexity index is 2290. The van der Waals surface area contributed by atoms with Crippen LogP contribution in [0.4, 0.5) is 0 Å². The predicted octanol–water partition coefficient (Wildman–Crippen LogP) is 8.95. The first-order valence-corrected chi connectivity index (χ1v) is 20.2. The first-order chi connectivity index (χ1) is 27.2. The van der Waals surface area contributed by atoms with Gasteiger partial charge in [0.2, 0.25) is 17.7 Å². The molecule has 10 heteroatoms. The van der Waals surface area contributed by atoms with Crippen LogP contribution in [0.2, 0.25) is 0 Å². The SMILES string of the molecule is CCCN(Cc1ncc(-c2ccc(-c3ccc4c(ccc5nc(CN(CCC)C(=O)[C@H](NC(=O)C6CC6)c6ccccc6)[nH]c54)c3)cc2)[nH]1)C(=O)C[C@@H](C)CC. The average Bonchev–Trinajstić information content (AvgIpc) is 3.83. The number of H-pyrrole nitrogens is 2. The third-order valence-electron chi connectivity index (χ3n) is 10.8. The van der Waals surface area contributed by atoms with Crippen LogP contribution in [-0.4, -0.2) is 60.5 Å². The number of benzene rings is 4. The van der Waals surface area contributed by atoms with E-state index in [4.69, 9.17) is 4.98 Å². The van der Waals surface area contributed by atoms with Gasteiger partial charge < -0.3 is 25.1 Å². The zero-order valence-corrected chi connectivity index (χ0v) is 33.0. The number of carbonyl (C=O) groups excluding carboxylic acids is 3. The summed E-state index contributed by atoms with van der Waals surface area (Å²) in [4.78, 5) is 60.1. The number of rotatable bonds is 17. The van der Waals surface area contributed by atoms with Crippen LogP contribution < -0.4 is 5.32 Å². The largest absolute Gasteiger partial charge is 0.341 e. The lowest BCUT2D eigenvalue weighted by Gasteiger charge is -2.27. The summed E-state index contributed by atoms with van der Waals surface area (Å²) < 4.78 is 0. The molecule has 1 aliphatic carbocycles. The van der Waals surface area contributed by atoms with Gasteiger partial charge in [-0.2, -0.15) is 0 Å². The number of hydrogen-bond acceptors (Lipinski definition) is 5. The van der Waals surface area contributed by atoms with E-state index in [1.165, 1.54) is 0 Å². The van der Waals surface area contributed by atoms with Crippen molar-refractivity contribution in [2.45, 2.75) is 85.4 Å². The number of fused-ring (bicyclic) bond motifs is 3. The highest BCUT2D eigenvalue weighted by Gasteiger charge is 2.34. The molecule has 0 aliphatic heterocycles. The van der Waals surface area contributed by atoms with Crippen molar-refractivity contribution in [3.63, 3.8) is 0 Å². The normalized spacial score (nSPS) is 13.8. The summed E-state index contributed by atoms with van der Waals surface area (Å²) >= 11 is 0. The van der Waals surface area contributed by atoms with Crippen molar-refractivity contribution in [1.82, 2.24) is 35.1 Å². The van der Waals surface area contributed by atoms with Crippen molar-refractivity contribution in [2.24, 2.45) is 11.8 Å². The van der Waals surface area contributed by atoms with Crippen molar-refractivity contribution in [1.29, 1.82) is 0 Å². The van der Waals surface area contributed by atoms with Crippen LogP contribution in [0.15, 0.2) is 91.1 Å². The molecule has 56 heavy (non-hydrogen) atoms. The number of nitrogens with zero attached hydrogens (tertiary/aromatic N) is 4. The van der Waals surface area contributed by atoms with Gasteiger partial charge in [0.25, 0.3) is 0 Å². The Kier molecular flexibility index (Phi) is 11.9. The van der Waals surface area contributed by atoms with Gasteiger partial charge in [0, 0.05) is 30.8 Å². The highest BCUT2D eigenvalue weighted by atomic mass is 16.2. The monoisotopic (exact) mass is 751 g/mol. The first-order valence-electron chi connectivity index (χ1n) is 20.2. The van der Waals surface area contributed by atoms with Gasteiger partial charge in [-0.25, -0.2) is 9.97 Å². The fourth-order valence-electron chi connectivity index (χ4n) is 7.30. The topological polar surface area (TPSA) is 127 Å². The molecule has 10 nitrogen and oxygen atoms in total. The fourth-order valence-corrected chi connectivity index (χ4v) is 7.30. The summed E-state index contributed by atoms with van der Waals surface area (Å²) in [6.45, 7) is 10.4. The summed E-state index contributed by atoms with van der Waals surface area (Å²) in [6, 6.07) is 27.8. The molecule has 1 fully saturated rings. The Hall–Kier alpha value is -5.77. The maximum atomic E-state index is 14.1. The summed E-state index contributed by atoms with van der Waals surface area (Å²) in [5.41, 5.74) is 6.70. The molecule has 6 aromatic rings. The number of carbonyl (C=O) groups is 3. The van der Waals surface area contributed by atoms with Crippen LogP contribution in [0, 0.1) is 11.8 Å². The summed E-state index contributed by atoms with van der Waals surface area (Å²) in [7, 11) is 0. The van der Waals surface area contributed by atoms with Crippen molar-refractivity contribution >= 4 is 39.5 Å². The molecular formula is C46H53N7O3. The Morgan fingerprint density at radius 2 is 1.50 bits per heavy atom. The molecule has 0 radical (unpaired) electrons. The zero-order chi connectivity index (χ0) is 39.2. The highest BCUT2D eigenvalue weighted by Crippen LogP contribution is 2.32. The first kappa shape index (κ1) is 38.5. The van der Waals surface area contributed by atoms with Gasteiger partial charge in [0.1, 0.15) is 17.7 Å². The maximum absolute atomic E-state index is 14.1. The summed E-state index contributed by atoms with van der Waals surface area (Å²) in [5, 5.41) is 5.18.